The number of hydrogen-bond acceptors (Lipinski definition) is 3. The van der Waals surface area contributed by atoms with Crippen molar-refractivity contribution in [1.29, 1.82) is 0 Å². The SMILES string of the molecule is C=CC(=O)OCCC[Si](CC)(CCC)OC. The minimum atomic E-state index is -1.54. The van der Waals surface area contributed by atoms with Crippen LogP contribution in [-0.4, -0.2) is 28.0 Å². The van der Waals surface area contributed by atoms with E-state index in [1.54, 1.807) is 0 Å². The summed E-state index contributed by atoms with van der Waals surface area (Å²) in [6, 6.07) is 3.39. The number of hydrogen-bond donors (Lipinski definition) is 0. The van der Waals surface area contributed by atoms with E-state index >= 15 is 0 Å². The maximum atomic E-state index is 10.8. The smallest absolute Gasteiger partial charge is 0.330 e. The van der Waals surface area contributed by atoms with Crippen molar-refractivity contribution in [3.63, 3.8) is 0 Å². The molecule has 0 fully saturated rings. The number of carbonyl (C=O) groups excluding carboxylic acids is 1. The number of rotatable bonds is 9. The molecule has 0 spiro atoms. The van der Waals surface area contributed by atoms with Gasteiger partial charge in [-0.1, -0.05) is 26.8 Å². The van der Waals surface area contributed by atoms with Crippen molar-refractivity contribution in [2.24, 2.45) is 0 Å². The lowest BCUT2D eigenvalue weighted by Gasteiger charge is -2.28. The Hall–Kier alpha value is -0.613. The number of esters is 1. The summed E-state index contributed by atoms with van der Waals surface area (Å²) in [5, 5.41) is 0. The van der Waals surface area contributed by atoms with E-state index in [0.29, 0.717) is 6.61 Å². The van der Waals surface area contributed by atoms with E-state index in [9.17, 15) is 4.79 Å². The molecule has 0 aromatic carbocycles. The molecular formula is C12H24O3Si. The maximum absolute atomic E-state index is 10.8. The standard InChI is InChI=1S/C12H24O3Si/c1-5-10-16(7-3,14-4)11-8-9-15-12(13)6-2/h6H,2,5,7-11H2,1,3-4H3. The van der Waals surface area contributed by atoms with Crippen LogP contribution in [0.3, 0.4) is 0 Å². The highest BCUT2D eigenvalue weighted by molar-refractivity contribution is 6.73. The van der Waals surface area contributed by atoms with E-state index in [-0.39, 0.29) is 5.97 Å². The van der Waals surface area contributed by atoms with Gasteiger partial charge in [0.25, 0.3) is 0 Å². The van der Waals surface area contributed by atoms with Gasteiger partial charge in [0.15, 0.2) is 8.32 Å². The van der Waals surface area contributed by atoms with Gasteiger partial charge in [-0.2, -0.15) is 0 Å². The number of carbonyl (C=O) groups is 1. The predicted octanol–water partition coefficient (Wildman–Crippen LogP) is 3.13. The highest BCUT2D eigenvalue weighted by atomic mass is 28.4. The summed E-state index contributed by atoms with van der Waals surface area (Å²) in [6.07, 6.45) is 3.26. The lowest BCUT2D eigenvalue weighted by Crippen LogP contribution is -2.36. The first-order valence-corrected chi connectivity index (χ1v) is 8.51. The van der Waals surface area contributed by atoms with Crippen LogP contribution in [0.1, 0.15) is 26.7 Å². The zero-order chi connectivity index (χ0) is 12.4. The van der Waals surface area contributed by atoms with Gasteiger partial charge >= 0.3 is 5.97 Å². The van der Waals surface area contributed by atoms with E-state index in [4.69, 9.17) is 9.16 Å². The lowest BCUT2D eigenvalue weighted by molar-refractivity contribution is -0.137. The van der Waals surface area contributed by atoms with Crippen LogP contribution in [0.2, 0.25) is 18.1 Å². The van der Waals surface area contributed by atoms with Crippen LogP contribution in [-0.2, 0) is 14.0 Å². The van der Waals surface area contributed by atoms with E-state index in [2.05, 4.69) is 20.4 Å². The van der Waals surface area contributed by atoms with Crippen molar-refractivity contribution in [3.8, 4) is 0 Å². The van der Waals surface area contributed by atoms with Gasteiger partial charge in [0.1, 0.15) is 0 Å². The van der Waals surface area contributed by atoms with Crippen molar-refractivity contribution < 1.29 is 14.0 Å². The monoisotopic (exact) mass is 244 g/mol. The Labute approximate surface area is 100.0 Å². The van der Waals surface area contributed by atoms with E-state index in [1.807, 2.05) is 7.11 Å². The third-order valence-corrected chi connectivity index (χ3v) is 7.80. The Balaban J connectivity index is 3.92. The highest BCUT2D eigenvalue weighted by Gasteiger charge is 2.29. The van der Waals surface area contributed by atoms with Crippen molar-refractivity contribution in [2.75, 3.05) is 13.7 Å². The topological polar surface area (TPSA) is 35.5 Å². The Bertz CT molecular complexity index is 212. The van der Waals surface area contributed by atoms with Gasteiger partial charge in [-0.05, 0) is 24.6 Å². The van der Waals surface area contributed by atoms with Crippen LogP contribution in [0.4, 0.5) is 0 Å². The van der Waals surface area contributed by atoms with Crippen LogP contribution in [0.15, 0.2) is 12.7 Å². The molecule has 0 amide bonds. The first-order valence-electron chi connectivity index (χ1n) is 5.98. The van der Waals surface area contributed by atoms with Crippen molar-refractivity contribution in [3.05, 3.63) is 12.7 Å². The molecule has 0 saturated carbocycles. The summed E-state index contributed by atoms with van der Waals surface area (Å²) in [5.74, 6) is -0.336. The summed E-state index contributed by atoms with van der Waals surface area (Å²) in [5.41, 5.74) is 0. The van der Waals surface area contributed by atoms with E-state index < -0.39 is 8.32 Å². The Morgan fingerprint density at radius 3 is 2.50 bits per heavy atom. The molecule has 0 aliphatic heterocycles. The van der Waals surface area contributed by atoms with Gasteiger partial charge in [-0.3, -0.25) is 0 Å². The molecule has 1 unspecified atom stereocenters. The van der Waals surface area contributed by atoms with Crippen molar-refractivity contribution in [1.82, 2.24) is 0 Å². The van der Waals surface area contributed by atoms with Crippen LogP contribution in [0, 0.1) is 0 Å². The molecule has 0 radical (unpaired) electrons. The molecule has 1 atom stereocenters. The molecule has 0 aromatic rings. The molecule has 0 aromatic heterocycles. The van der Waals surface area contributed by atoms with Gasteiger partial charge in [-0.15, -0.1) is 0 Å². The fourth-order valence-electron chi connectivity index (χ4n) is 1.91. The molecule has 4 heteroatoms. The fourth-order valence-corrected chi connectivity index (χ4v) is 5.26. The third kappa shape index (κ3) is 5.46. The summed E-state index contributed by atoms with van der Waals surface area (Å²) in [7, 11) is 0.278. The van der Waals surface area contributed by atoms with Gasteiger partial charge in [0.05, 0.1) is 6.61 Å². The molecule has 0 aliphatic rings. The molecule has 0 N–H and O–H groups in total. The normalized spacial score (nSPS) is 14.2. The van der Waals surface area contributed by atoms with Crippen molar-refractivity contribution in [2.45, 2.75) is 44.8 Å². The van der Waals surface area contributed by atoms with Crippen LogP contribution in [0.5, 0.6) is 0 Å². The molecule has 0 saturated heterocycles. The van der Waals surface area contributed by atoms with Gasteiger partial charge < -0.3 is 9.16 Å². The quantitative estimate of drug-likeness (QED) is 0.270. The zero-order valence-corrected chi connectivity index (χ0v) is 11.8. The second kappa shape index (κ2) is 8.53. The molecule has 16 heavy (non-hydrogen) atoms. The lowest BCUT2D eigenvalue weighted by atomic mass is 10.5. The Kier molecular flexibility index (Phi) is 8.20. The van der Waals surface area contributed by atoms with Crippen LogP contribution < -0.4 is 0 Å². The second-order valence-electron chi connectivity index (χ2n) is 3.97. The van der Waals surface area contributed by atoms with Crippen LogP contribution >= 0.6 is 0 Å². The summed E-state index contributed by atoms with van der Waals surface area (Å²) < 4.78 is 10.7. The number of ether oxygens (including phenoxy) is 1. The van der Waals surface area contributed by atoms with E-state index in [1.165, 1.54) is 18.5 Å². The molecular weight excluding hydrogens is 220 g/mol. The predicted molar refractivity (Wildman–Crippen MR) is 68.9 cm³/mol. The molecule has 0 aliphatic carbocycles. The van der Waals surface area contributed by atoms with Crippen LogP contribution in [0.25, 0.3) is 0 Å². The summed E-state index contributed by atoms with van der Waals surface area (Å²) in [6.45, 7) is 8.22. The van der Waals surface area contributed by atoms with Gasteiger partial charge in [0.2, 0.25) is 0 Å². The molecule has 0 bridgehead atoms. The first-order chi connectivity index (χ1) is 7.64. The minimum absolute atomic E-state index is 0.336. The minimum Gasteiger partial charge on any atom is -0.463 e. The Morgan fingerprint density at radius 1 is 1.38 bits per heavy atom. The highest BCUT2D eigenvalue weighted by Crippen LogP contribution is 2.24. The average Bonchev–Trinajstić information content (AvgIpc) is 2.32. The molecule has 0 heterocycles. The van der Waals surface area contributed by atoms with E-state index in [0.717, 1.165) is 18.5 Å². The Morgan fingerprint density at radius 2 is 2.06 bits per heavy atom. The first kappa shape index (κ1) is 15.4. The largest absolute Gasteiger partial charge is 0.463 e. The molecule has 94 valence electrons. The maximum Gasteiger partial charge on any atom is 0.330 e. The summed E-state index contributed by atoms with van der Waals surface area (Å²) >= 11 is 0. The average molecular weight is 244 g/mol. The second-order valence-corrected chi connectivity index (χ2v) is 8.45. The zero-order valence-electron chi connectivity index (χ0n) is 10.8. The van der Waals surface area contributed by atoms with Gasteiger partial charge in [0, 0.05) is 13.2 Å². The molecule has 3 nitrogen and oxygen atoms in total. The van der Waals surface area contributed by atoms with Crippen molar-refractivity contribution >= 4 is 14.3 Å². The molecule has 0 rings (SSSR count). The fraction of sp³-hybridized carbons (Fsp3) is 0.750. The third-order valence-electron chi connectivity index (χ3n) is 2.97. The summed E-state index contributed by atoms with van der Waals surface area (Å²) in [4.78, 5) is 10.8. The van der Waals surface area contributed by atoms with Gasteiger partial charge in [-0.25, -0.2) is 4.79 Å².